The van der Waals surface area contributed by atoms with Crippen molar-refractivity contribution in [1.29, 1.82) is 0 Å². The number of aromatic nitrogens is 3. The van der Waals surface area contributed by atoms with Gasteiger partial charge in [0.15, 0.2) is 0 Å². The number of piperidine rings is 1. The van der Waals surface area contributed by atoms with Crippen LogP contribution in [0.2, 0.25) is 0 Å². The quantitative estimate of drug-likeness (QED) is 0.842. The van der Waals surface area contributed by atoms with Crippen LogP contribution in [-0.2, 0) is 10.2 Å². The summed E-state index contributed by atoms with van der Waals surface area (Å²) in [6.45, 7) is 4.90. The Bertz CT molecular complexity index is 870. The van der Waals surface area contributed by atoms with Crippen LogP contribution in [0.5, 0.6) is 0 Å². The summed E-state index contributed by atoms with van der Waals surface area (Å²) in [5.74, 6) is 0.828. The average Bonchev–Trinajstić information content (AvgIpc) is 2.61. The highest BCUT2D eigenvalue weighted by molar-refractivity contribution is 7.86. The van der Waals surface area contributed by atoms with Gasteiger partial charge in [-0.3, -0.25) is 4.98 Å². The summed E-state index contributed by atoms with van der Waals surface area (Å²) in [6.07, 6.45) is 3.32. The van der Waals surface area contributed by atoms with Crippen molar-refractivity contribution in [1.82, 2.24) is 23.6 Å². The minimum Gasteiger partial charge on any atom is -0.323 e. The predicted molar refractivity (Wildman–Crippen MR) is 105 cm³/mol. The summed E-state index contributed by atoms with van der Waals surface area (Å²) < 4.78 is 27.2. The molecule has 3 heterocycles. The summed E-state index contributed by atoms with van der Waals surface area (Å²) in [7, 11) is -0.204. The van der Waals surface area contributed by atoms with Crippen molar-refractivity contribution in [3.05, 3.63) is 41.5 Å². The van der Waals surface area contributed by atoms with Crippen molar-refractivity contribution in [2.75, 3.05) is 32.5 Å². The highest BCUT2D eigenvalue weighted by Crippen LogP contribution is 2.29. The van der Waals surface area contributed by atoms with Gasteiger partial charge < -0.3 is 5.32 Å². The molecule has 0 amide bonds. The van der Waals surface area contributed by atoms with E-state index in [4.69, 9.17) is 0 Å². The summed E-state index contributed by atoms with van der Waals surface area (Å²) in [4.78, 5) is 13.3. The van der Waals surface area contributed by atoms with Gasteiger partial charge in [-0.05, 0) is 44.9 Å². The lowest BCUT2D eigenvalue weighted by atomic mass is 9.94. The summed E-state index contributed by atoms with van der Waals surface area (Å²) in [5, 5.41) is 3.18. The van der Waals surface area contributed by atoms with Crippen molar-refractivity contribution < 1.29 is 8.42 Å². The van der Waals surface area contributed by atoms with Crippen molar-refractivity contribution in [3.8, 4) is 0 Å². The topological polar surface area (TPSA) is 91.3 Å². The molecule has 0 aliphatic carbocycles. The molecule has 9 heteroatoms. The standard InChI is InChI=1S/C18H26N6O2S/c1-13-11-14(2)21-18(20-13)22-16-5-6-17(19-12-16)15-7-9-24(10-8-15)27(25,26)23(3)4/h5-6,11-12,15H,7-10H2,1-4H3,(H,20,21,22). The lowest BCUT2D eigenvalue weighted by molar-refractivity contribution is 0.300. The second kappa shape index (κ2) is 7.87. The first kappa shape index (κ1) is 19.7. The van der Waals surface area contributed by atoms with Gasteiger partial charge in [-0.2, -0.15) is 17.0 Å². The molecule has 0 bridgehead atoms. The highest BCUT2D eigenvalue weighted by atomic mass is 32.2. The van der Waals surface area contributed by atoms with Crippen LogP contribution in [0, 0.1) is 13.8 Å². The third-order valence-corrected chi connectivity index (χ3v) is 6.63. The molecule has 1 aliphatic rings. The molecule has 0 saturated carbocycles. The van der Waals surface area contributed by atoms with Gasteiger partial charge in [0.1, 0.15) is 0 Å². The molecule has 1 aliphatic heterocycles. The Labute approximate surface area is 160 Å². The van der Waals surface area contributed by atoms with Crippen LogP contribution in [0.3, 0.4) is 0 Å². The first-order valence-corrected chi connectivity index (χ1v) is 10.4. The summed E-state index contributed by atoms with van der Waals surface area (Å²) >= 11 is 0. The number of nitrogens with zero attached hydrogens (tertiary/aromatic N) is 5. The Hall–Kier alpha value is -2.10. The first-order chi connectivity index (χ1) is 12.8. The summed E-state index contributed by atoms with van der Waals surface area (Å²) in [5.41, 5.74) is 3.64. The molecule has 0 atom stereocenters. The fourth-order valence-corrected chi connectivity index (χ4v) is 4.38. The van der Waals surface area contributed by atoms with Gasteiger partial charge in [0.2, 0.25) is 5.95 Å². The van der Waals surface area contributed by atoms with E-state index in [1.165, 1.54) is 8.61 Å². The number of aryl methyl sites for hydroxylation is 2. The second-order valence-corrected chi connectivity index (χ2v) is 9.18. The highest BCUT2D eigenvalue weighted by Gasteiger charge is 2.30. The van der Waals surface area contributed by atoms with Gasteiger partial charge in [0.25, 0.3) is 10.2 Å². The third-order valence-electron chi connectivity index (χ3n) is 4.68. The molecule has 1 N–H and O–H groups in total. The number of pyridine rings is 1. The lowest BCUT2D eigenvalue weighted by Crippen LogP contribution is -2.44. The van der Waals surface area contributed by atoms with E-state index < -0.39 is 10.2 Å². The van der Waals surface area contributed by atoms with Crippen LogP contribution >= 0.6 is 0 Å². The maximum atomic E-state index is 12.2. The molecule has 2 aromatic rings. The average molecular weight is 391 g/mol. The van der Waals surface area contributed by atoms with Crippen LogP contribution in [0.15, 0.2) is 24.4 Å². The van der Waals surface area contributed by atoms with Crippen molar-refractivity contribution >= 4 is 21.8 Å². The zero-order chi connectivity index (χ0) is 19.6. The number of hydrogen-bond acceptors (Lipinski definition) is 6. The van der Waals surface area contributed by atoms with Gasteiger partial charge in [-0.1, -0.05) is 0 Å². The maximum absolute atomic E-state index is 12.2. The molecule has 3 rings (SSSR count). The zero-order valence-electron chi connectivity index (χ0n) is 16.2. The van der Waals surface area contributed by atoms with E-state index >= 15 is 0 Å². The molecule has 2 aromatic heterocycles. The fourth-order valence-electron chi connectivity index (χ4n) is 3.24. The van der Waals surface area contributed by atoms with E-state index in [2.05, 4.69) is 20.3 Å². The van der Waals surface area contributed by atoms with E-state index in [1.54, 1.807) is 20.3 Å². The van der Waals surface area contributed by atoms with Crippen LogP contribution in [0.4, 0.5) is 11.6 Å². The van der Waals surface area contributed by atoms with Crippen molar-refractivity contribution in [3.63, 3.8) is 0 Å². The number of anilines is 2. The molecule has 27 heavy (non-hydrogen) atoms. The van der Waals surface area contributed by atoms with E-state index in [0.717, 1.165) is 35.6 Å². The van der Waals surface area contributed by atoms with Crippen LogP contribution in [0.1, 0.15) is 35.8 Å². The minimum absolute atomic E-state index is 0.269. The van der Waals surface area contributed by atoms with Crippen molar-refractivity contribution in [2.45, 2.75) is 32.6 Å². The molecule has 8 nitrogen and oxygen atoms in total. The molecule has 1 saturated heterocycles. The minimum atomic E-state index is -3.33. The molecule has 0 spiro atoms. The van der Waals surface area contributed by atoms with Gasteiger partial charge in [-0.15, -0.1) is 0 Å². The normalized spacial score (nSPS) is 16.6. The SMILES string of the molecule is Cc1cc(C)nc(Nc2ccc(C3CCN(S(=O)(=O)N(C)C)CC3)nc2)n1. The van der Waals surface area contributed by atoms with E-state index in [1.807, 2.05) is 32.0 Å². The monoisotopic (exact) mass is 390 g/mol. The molecule has 0 aromatic carbocycles. The Balaban J connectivity index is 1.63. The van der Waals surface area contributed by atoms with Crippen molar-refractivity contribution in [2.24, 2.45) is 0 Å². The lowest BCUT2D eigenvalue weighted by Gasteiger charge is -2.32. The molecular formula is C18H26N6O2S. The second-order valence-electron chi connectivity index (χ2n) is 7.03. The molecule has 1 fully saturated rings. The number of rotatable bonds is 5. The summed E-state index contributed by atoms with van der Waals surface area (Å²) in [6, 6.07) is 5.88. The Morgan fingerprint density at radius 1 is 1.11 bits per heavy atom. The van der Waals surface area contributed by atoms with Gasteiger partial charge in [0, 0.05) is 50.2 Å². The third kappa shape index (κ3) is 4.60. The molecule has 0 radical (unpaired) electrons. The van der Waals surface area contributed by atoms with Gasteiger partial charge in [0.05, 0.1) is 11.9 Å². The molecule has 146 valence electrons. The Morgan fingerprint density at radius 3 is 2.26 bits per heavy atom. The Kier molecular flexibility index (Phi) is 5.73. The van der Waals surface area contributed by atoms with Gasteiger partial charge >= 0.3 is 0 Å². The largest absolute Gasteiger partial charge is 0.323 e. The van der Waals surface area contributed by atoms with Crippen LogP contribution in [0.25, 0.3) is 0 Å². The predicted octanol–water partition coefficient (Wildman–Crippen LogP) is 2.22. The smallest absolute Gasteiger partial charge is 0.281 e. The van der Waals surface area contributed by atoms with E-state index in [-0.39, 0.29) is 5.92 Å². The number of nitrogens with one attached hydrogen (secondary N) is 1. The molecule has 0 unspecified atom stereocenters. The molecular weight excluding hydrogens is 364 g/mol. The number of hydrogen-bond donors (Lipinski definition) is 1. The van der Waals surface area contributed by atoms with Gasteiger partial charge in [-0.25, -0.2) is 9.97 Å². The Morgan fingerprint density at radius 2 is 1.74 bits per heavy atom. The van der Waals surface area contributed by atoms with Crippen LogP contribution < -0.4 is 5.32 Å². The fraction of sp³-hybridized carbons (Fsp3) is 0.500. The maximum Gasteiger partial charge on any atom is 0.281 e. The zero-order valence-corrected chi connectivity index (χ0v) is 17.0. The van der Waals surface area contributed by atoms with E-state index in [9.17, 15) is 8.42 Å². The van der Waals surface area contributed by atoms with Crippen LogP contribution in [-0.4, -0.2) is 59.2 Å². The first-order valence-electron chi connectivity index (χ1n) is 8.98. The van der Waals surface area contributed by atoms with E-state index in [0.29, 0.717) is 19.0 Å².